The molecule has 0 radical (unpaired) electrons. The predicted octanol–water partition coefficient (Wildman–Crippen LogP) is 1.91. The number of hydrogen-bond donors (Lipinski definition) is 1. The Labute approximate surface area is 148 Å². The van der Waals surface area contributed by atoms with Gasteiger partial charge in [0.15, 0.2) is 5.58 Å². The van der Waals surface area contributed by atoms with Gasteiger partial charge in [-0.2, -0.15) is 0 Å². The lowest BCUT2D eigenvalue weighted by Gasteiger charge is -2.08. The Hall–Kier alpha value is -2.61. The maximum atomic E-state index is 12.0. The molecule has 0 spiro atoms. The lowest BCUT2D eigenvalue weighted by atomic mass is 10.3. The van der Waals surface area contributed by atoms with E-state index in [0.29, 0.717) is 29.5 Å². The van der Waals surface area contributed by atoms with Crippen molar-refractivity contribution in [1.82, 2.24) is 19.9 Å². The van der Waals surface area contributed by atoms with Crippen LogP contribution >= 0.6 is 11.8 Å². The number of nitrogens with zero attached hydrogens (tertiary/aromatic N) is 3. The summed E-state index contributed by atoms with van der Waals surface area (Å²) in [6.45, 7) is 4.28. The van der Waals surface area contributed by atoms with Gasteiger partial charge in [-0.15, -0.1) is 0 Å². The third-order valence-corrected chi connectivity index (χ3v) is 4.62. The second-order valence-electron chi connectivity index (χ2n) is 5.54. The zero-order valence-corrected chi connectivity index (χ0v) is 14.8. The van der Waals surface area contributed by atoms with Crippen LogP contribution in [0.25, 0.3) is 11.1 Å². The fraction of sp³-hybridized carbons (Fsp3) is 0.294. The number of aromatic nitrogens is 3. The molecule has 0 bridgehead atoms. The molecule has 2 aromatic heterocycles. The van der Waals surface area contributed by atoms with E-state index in [-0.39, 0.29) is 17.2 Å². The summed E-state index contributed by atoms with van der Waals surface area (Å²) in [5.74, 6) is 0.0597. The summed E-state index contributed by atoms with van der Waals surface area (Å²) in [6.07, 6.45) is 1.50. The smallest absolute Gasteiger partial charge is 0.257 e. The number of hydrogen-bond acceptors (Lipinski definition) is 6. The van der Waals surface area contributed by atoms with Gasteiger partial charge in [-0.3, -0.25) is 14.2 Å². The van der Waals surface area contributed by atoms with Gasteiger partial charge in [-0.25, -0.2) is 9.97 Å². The second kappa shape index (κ2) is 7.52. The first kappa shape index (κ1) is 17.2. The molecule has 0 atom stereocenters. The van der Waals surface area contributed by atoms with Crippen LogP contribution in [0.3, 0.4) is 0 Å². The van der Waals surface area contributed by atoms with Crippen molar-refractivity contribution >= 4 is 28.8 Å². The van der Waals surface area contributed by atoms with Gasteiger partial charge in [0.1, 0.15) is 5.52 Å². The number of para-hydroxylation sites is 2. The normalized spacial score (nSPS) is 11.0. The van der Waals surface area contributed by atoms with Gasteiger partial charge in [0.25, 0.3) is 10.8 Å². The summed E-state index contributed by atoms with van der Waals surface area (Å²) < 4.78 is 7.05. The van der Waals surface area contributed by atoms with Gasteiger partial charge in [-0.1, -0.05) is 23.9 Å². The Balaban J connectivity index is 1.48. The molecule has 0 aliphatic rings. The highest BCUT2D eigenvalue weighted by Crippen LogP contribution is 2.22. The number of carbonyl (C=O) groups is 1. The SMILES string of the molecule is Cc1ncn(CCNC(=O)CSc2nc3ccccc3o2)c(=O)c1C. The number of amides is 1. The Kier molecular flexibility index (Phi) is 5.18. The van der Waals surface area contributed by atoms with Crippen molar-refractivity contribution in [3.63, 3.8) is 0 Å². The summed E-state index contributed by atoms with van der Waals surface area (Å²) in [5.41, 5.74) is 2.74. The number of aryl methyl sites for hydroxylation is 1. The molecule has 1 amide bonds. The third-order valence-electron chi connectivity index (χ3n) is 3.79. The number of thioether (sulfide) groups is 1. The van der Waals surface area contributed by atoms with E-state index in [1.807, 2.05) is 24.3 Å². The quantitative estimate of drug-likeness (QED) is 0.677. The molecule has 0 unspecified atom stereocenters. The first-order chi connectivity index (χ1) is 12.0. The van der Waals surface area contributed by atoms with Crippen molar-refractivity contribution in [3.8, 4) is 0 Å². The van der Waals surface area contributed by atoms with Gasteiger partial charge in [0.05, 0.1) is 12.1 Å². The van der Waals surface area contributed by atoms with E-state index in [9.17, 15) is 9.59 Å². The monoisotopic (exact) mass is 358 g/mol. The van der Waals surface area contributed by atoms with Crippen LogP contribution in [0.1, 0.15) is 11.3 Å². The van der Waals surface area contributed by atoms with Crippen LogP contribution in [0.4, 0.5) is 0 Å². The maximum Gasteiger partial charge on any atom is 0.257 e. The van der Waals surface area contributed by atoms with Crippen LogP contribution in [0, 0.1) is 13.8 Å². The number of nitrogens with one attached hydrogen (secondary N) is 1. The molecule has 0 aliphatic carbocycles. The molecule has 0 fully saturated rings. The Bertz CT molecular complexity index is 931. The summed E-state index contributed by atoms with van der Waals surface area (Å²) in [5, 5.41) is 3.24. The number of benzene rings is 1. The minimum Gasteiger partial charge on any atom is -0.431 e. The topological polar surface area (TPSA) is 90.0 Å². The van der Waals surface area contributed by atoms with Crippen molar-refractivity contribution in [2.24, 2.45) is 0 Å². The lowest BCUT2D eigenvalue weighted by molar-refractivity contribution is -0.118. The summed E-state index contributed by atoms with van der Waals surface area (Å²) in [6, 6.07) is 7.45. The molecule has 8 heteroatoms. The van der Waals surface area contributed by atoms with E-state index in [1.165, 1.54) is 22.7 Å². The summed E-state index contributed by atoms with van der Waals surface area (Å²) >= 11 is 1.24. The van der Waals surface area contributed by atoms with E-state index in [4.69, 9.17) is 4.42 Å². The molecule has 0 saturated carbocycles. The molecule has 3 aromatic rings. The predicted molar refractivity (Wildman–Crippen MR) is 95.7 cm³/mol. The molecule has 7 nitrogen and oxygen atoms in total. The molecule has 1 aromatic carbocycles. The molecule has 2 heterocycles. The van der Waals surface area contributed by atoms with Crippen LogP contribution in [0.5, 0.6) is 0 Å². The number of carbonyl (C=O) groups excluding carboxylic acids is 1. The van der Waals surface area contributed by atoms with Crippen LogP contribution < -0.4 is 10.9 Å². The van der Waals surface area contributed by atoms with Gasteiger partial charge in [0, 0.05) is 24.3 Å². The second-order valence-corrected chi connectivity index (χ2v) is 6.47. The van der Waals surface area contributed by atoms with E-state index >= 15 is 0 Å². The average molecular weight is 358 g/mol. The maximum absolute atomic E-state index is 12.0. The van der Waals surface area contributed by atoms with Crippen LogP contribution in [-0.4, -0.2) is 32.7 Å². The van der Waals surface area contributed by atoms with Crippen molar-refractivity contribution < 1.29 is 9.21 Å². The minimum absolute atomic E-state index is 0.0809. The number of oxazole rings is 1. The van der Waals surface area contributed by atoms with E-state index in [2.05, 4.69) is 15.3 Å². The van der Waals surface area contributed by atoms with Gasteiger partial charge >= 0.3 is 0 Å². The van der Waals surface area contributed by atoms with E-state index < -0.39 is 0 Å². The molecular formula is C17H18N4O3S. The highest BCUT2D eigenvalue weighted by atomic mass is 32.2. The molecule has 0 aliphatic heterocycles. The molecule has 3 rings (SSSR count). The average Bonchev–Trinajstić information content (AvgIpc) is 3.03. The standard InChI is InChI=1S/C17H18N4O3S/c1-11-12(2)19-10-21(16(11)23)8-7-18-15(22)9-25-17-20-13-5-3-4-6-14(13)24-17/h3-6,10H,7-9H2,1-2H3,(H,18,22). The highest BCUT2D eigenvalue weighted by molar-refractivity contribution is 7.99. The molecule has 130 valence electrons. The van der Waals surface area contributed by atoms with Crippen molar-refractivity contribution in [3.05, 3.63) is 52.2 Å². The van der Waals surface area contributed by atoms with Crippen LogP contribution in [0.15, 0.2) is 45.0 Å². The largest absolute Gasteiger partial charge is 0.431 e. The zero-order chi connectivity index (χ0) is 17.8. The fourth-order valence-corrected chi connectivity index (χ4v) is 2.91. The molecular weight excluding hydrogens is 340 g/mol. The zero-order valence-electron chi connectivity index (χ0n) is 14.0. The van der Waals surface area contributed by atoms with E-state index in [1.54, 1.807) is 13.8 Å². The number of rotatable bonds is 6. The molecule has 0 saturated heterocycles. The Morgan fingerprint density at radius 2 is 2.12 bits per heavy atom. The highest BCUT2D eigenvalue weighted by Gasteiger charge is 2.09. The summed E-state index contributed by atoms with van der Waals surface area (Å²) in [4.78, 5) is 32.4. The molecule has 25 heavy (non-hydrogen) atoms. The van der Waals surface area contributed by atoms with Gasteiger partial charge < -0.3 is 9.73 Å². The van der Waals surface area contributed by atoms with Crippen molar-refractivity contribution in [1.29, 1.82) is 0 Å². The number of fused-ring (bicyclic) bond motifs is 1. The van der Waals surface area contributed by atoms with Crippen LogP contribution in [0.2, 0.25) is 0 Å². The van der Waals surface area contributed by atoms with Gasteiger partial charge in [0.2, 0.25) is 5.91 Å². The first-order valence-electron chi connectivity index (χ1n) is 7.82. The van der Waals surface area contributed by atoms with Crippen LogP contribution in [-0.2, 0) is 11.3 Å². The minimum atomic E-state index is -0.142. The van der Waals surface area contributed by atoms with Crippen molar-refractivity contribution in [2.45, 2.75) is 25.6 Å². The molecule has 1 N–H and O–H groups in total. The van der Waals surface area contributed by atoms with Crippen molar-refractivity contribution in [2.75, 3.05) is 12.3 Å². The van der Waals surface area contributed by atoms with E-state index in [0.717, 1.165) is 11.2 Å². The Morgan fingerprint density at radius 1 is 1.32 bits per heavy atom. The first-order valence-corrected chi connectivity index (χ1v) is 8.81. The lowest BCUT2D eigenvalue weighted by Crippen LogP contribution is -2.32. The third kappa shape index (κ3) is 4.08. The Morgan fingerprint density at radius 3 is 2.92 bits per heavy atom. The fourth-order valence-electron chi connectivity index (χ4n) is 2.24. The van der Waals surface area contributed by atoms with Gasteiger partial charge in [-0.05, 0) is 26.0 Å². The summed E-state index contributed by atoms with van der Waals surface area (Å²) in [7, 11) is 0.